The van der Waals surface area contributed by atoms with Gasteiger partial charge in [0.1, 0.15) is 0 Å². The van der Waals surface area contributed by atoms with E-state index < -0.39 is 0 Å². The van der Waals surface area contributed by atoms with Gasteiger partial charge in [-0.25, -0.2) is 0 Å². The number of thiol groups is 1. The van der Waals surface area contributed by atoms with E-state index >= 15 is 0 Å². The van der Waals surface area contributed by atoms with E-state index in [1.54, 1.807) is 6.07 Å². The molecule has 0 radical (unpaired) electrons. The number of carbonyl (C=O) groups is 1. The molecule has 2 aromatic carbocycles. The zero-order valence-electron chi connectivity index (χ0n) is 11.2. The highest BCUT2D eigenvalue weighted by atomic mass is 32.1. The minimum atomic E-state index is -0.0254. The summed E-state index contributed by atoms with van der Waals surface area (Å²) >= 11 is 4.28. The van der Waals surface area contributed by atoms with E-state index in [1.807, 2.05) is 24.3 Å². The van der Waals surface area contributed by atoms with Crippen LogP contribution in [0.3, 0.4) is 0 Å². The maximum atomic E-state index is 12.3. The molecule has 0 bridgehead atoms. The van der Waals surface area contributed by atoms with Gasteiger partial charge in [-0.3, -0.25) is 4.79 Å². The predicted molar refractivity (Wildman–Crippen MR) is 83.3 cm³/mol. The molecule has 1 unspecified atom stereocenters. The van der Waals surface area contributed by atoms with Crippen LogP contribution in [-0.2, 0) is 6.42 Å². The largest absolute Gasteiger partial charge is 0.345 e. The van der Waals surface area contributed by atoms with Gasteiger partial charge >= 0.3 is 0 Å². The van der Waals surface area contributed by atoms with Crippen LogP contribution in [0.25, 0.3) is 0 Å². The topological polar surface area (TPSA) is 29.1 Å². The Hall–Kier alpha value is -1.74. The van der Waals surface area contributed by atoms with Gasteiger partial charge in [0.2, 0.25) is 0 Å². The first-order valence-electron chi connectivity index (χ1n) is 6.92. The summed E-state index contributed by atoms with van der Waals surface area (Å²) in [5.74, 6) is -0.0254. The molecule has 2 aromatic rings. The summed E-state index contributed by atoms with van der Waals surface area (Å²) in [7, 11) is 0. The lowest BCUT2D eigenvalue weighted by Gasteiger charge is -2.26. The minimum absolute atomic E-state index is 0.0254. The molecule has 3 rings (SSSR count). The standard InChI is InChI=1S/C17H17NOS/c19-17(13-7-3-8-14(20)11-13)18-16-10-4-6-12-5-1-2-9-15(12)16/h1-3,5,7-9,11,16,20H,4,6,10H2,(H,18,19). The van der Waals surface area contributed by atoms with Crippen LogP contribution in [0.5, 0.6) is 0 Å². The molecule has 0 saturated heterocycles. The smallest absolute Gasteiger partial charge is 0.251 e. The first-order valence-corrected chi connectivity index (χ1v) is 7.36. The van der Waals surface area contributed by atoms with Crippen molar-refractivity contribution in [2.24, 2.45) is 0 Å². The summed E-state index contributed by atoms with van der Waals surface area (Å²) in [4.78, 5) is 13.1. The molecule has 3 heteroatoms. The SMILES string of the molecule is O=C(NC1CCCc2ccccc21)c1cccc(S)c1. The second-order valence-electron chi connectivity index (χ2n) is 5.17. The Morgan fingerprint density at radius 3 is 2.85 bits per heavy atom. The Kier molecular flexibility index (Phi) is 3.79. The lowest BCUT2D eigenvalue weighted by atomic mass is 9.87. The Morgan fingerprint density at radius 2 is 2.00 bits per heavy atom. The van der Waals surface area contributed by atoms with Gasteiger partial charge in [-0.15, -0.1) is 12.6 Å². The first-order chi connectivity index (χ1) is 9.74. The number of hydrogen-bond donors (Lipinski definition) is 2. The fourth-order valence-electron chi connectivity index (χ4n) is 2.79. The second-order valence-corrected chi connectivity index (χ2v) is 5.68. The van der Waals surface area contributed by atoms with Crippen molar-refractivity contribution in [3.8, 4) is 0 Å². The normalized spacial score (nSPS) is 17.4. The molecule has 2 nitrogen and oxygen atoms in total. The third-order valence-electron chi connectivity index (χ3n) is 3.78. The van der Waals surface area contributed by atoms with Crippen LogP contribution in [0.15, 0.2) is 53.4 Å². The van der Waals surface area contributed by atoms with Gasteiger partial charge in [-0.1, -0.05) is 30.3 Å². The van der Waals surface area contributed by atoms with Crippen molar-refractivity contribution in [2.75, 3.05) is 0 Å². The zero-order chi connectivity index (χ0) is 13.9. The van der Waals surface area contributed by atoms with E-state index in [9.17, 15) is 4.79 Å². The highest BCUT2D eigenvalue weighted by Gasteiger charge is 2.21. The molecule has 1 aliphatic rings. The third-order valence-corrected chi connectivity index (χ3v) is 4.06. The van der Waals surface area contributed by atoms with Gasteiger partial charge in [0.15, 0.2) is 0 Å². The van der Waals surface area contributed by atoms with Crippen LogP contribution < -0.4 is 5.32 Å². The quantitative estimate of drug-likeness (QED) is 0.807. The van der Waals surface area contributed by atoms with Gasteiger partial charge in [0.05, 0.1) is 6.04 Å². The Morgan fingerprint density at radius 1 is 1.15 bits per heavy atom. The van der Waals surface area contributed by atoms with Gasteiger partial charge in [0.25, 0.3) is 5.91 Å². The Bertz CT molecular complexity index is 638. The average molecular weight is 283 g/mol. The number of rotatable bonds is 2. The number of hydrogen-bond acceptors (Lipinski definition) is 2. The van der Waals surface area contributed by atoms with Crippen molar-refractivity contribution in [3.05, 3.63) is 65.2 Å². The Balaban J connectivity index is 1.81. The van der Waals surface area contributed by atoms with Crippen LogP contribution in [-0.4, -0.2) is 5.91 Å². The fraction of sp³-hybridized carbons (Fsp3) is 0.235. The highest BCUT2D eigenvalue weighted by Crippen LogP contribution is 2.29. The summed E-state index contributed by atoms with van der Waals surface area (Å²) in [6.07, 6.45) is 3.23. The lowest BCUT2D eigenvalue weighted by Crippen LogP contribution is -2.30. The van der Waals surface area contributed by atoms with E-state index in [4.69, 9.17) is 0 Å². The van der Waals surface area contributed by atoms with Crippen molar-refractivity contribution >= 4 is 18.5 Å². The summed E-state index contributed by atoms with van der Waals surface area (Å²) in [5, 5.41) is 3.15. The molecule has 0 spiro atoms. The summed E-state index contributed by atoms with van der Waals surface area (Å²) < 4.78 is 0. The molecule has 0 saturated carbocycles. The molecule has 1 aliphatic carbocycles. The number of nitrogens with one attached hydrogen (secondary N) is 1. The van der Waals surface area contributed by atoms with Crippen LogP contribution in [0.1, 0.15) is 40.4 Å². The maximum absolute atomic E-state index is 12.3. The van der Waals surface area contributed by atoms with E-state index in [-0.39, 0.29) is 11.9 Å². The van der Waals surface area contributed by atoms with E-state index in [0.29, 0.717) is 5.56 Å². The van der Waals surface area contributed by atoms with Crippen LogP contribution in [0.2, 0.25) is 0 Å². The van der Waals surface area contributed by atoms with Crippen molar-refractivity contribution in [1.29, 1.82) is 0 Å². The molecule has 1 amide bonds. The lowest BCUT2D eigenvalue weighted by molar-refractivity contribution is 0.0932. The molecule has 1 N–H and O–H groups in total. The van der Waals surface area contributed by atoms with Gasteiger partial charge in [-0.05, 0) is 48.6 Å². The fourth-order valence-corrected chi connectivity index (χ4v) is 3.02. The predicted octanol–water partition coefficient (Wildman–Crippen LogP) is 3.78. The van der Waals surface area contributed by atoms with Gasteiger partial charge < -0.3 is 5.32 Å². The molecule has 102 valence electrons. The number of benzene rings is 2. The maximum Gasteiger partial charge on any atom is 0.251 e. The molecule has 0 aliphatic heterocycles. The summed E-state index contributed by atoms with van der Waals surface area (Å²) in [6.45, 7) is 0. The van der Waals surface area contributed by atoms with Crippen LogP contribution in [0.4, 0.5) is 0 Å². The summed E-state index contributed by atoms with van der Waals surface area (Å²) in [6, 6.07) is 15.8. The molecular weight excluding hydrogens is 266 g/mol. The van der Waals surface area contributed by atoms with E-state index in [1.165, 1.54) is 11.1 Å². The van der Waals surface area contributed by atoms with Crippen molar-refractivity contribution < 1.29 is 4.79 Å². The molecule has 1 atom stereocenters. The third kappa shape index (κ3) is 2.73. The highest BCUT2D eigenvalue weighted by molar-refractivity contribution is 7.80. The van der Waals surface area contributed by atoms with Crippen molar-refractivity contribution in [3.63, 3.8) is 0 Å². The monoisotopic (exact) mass is 283 g/mol. The zero-order valence-corrected chi connectivity index (χ0v) is 12.1. The number of fused-ring (bicyclic) bond motifs is 1. The van der Waals surface area contributed by atoms with E-state index in [0.717, 1.165) is 24.2 Å². The van der Waals surface area contributed by atoms with Gasteiger partial charge in [0, 0.05) is 10.5 Å². The van der Waals surface area contributed by atoms with Crippen molar-refractivity contribution in [2.45, 2.75) is 30.2 Å². The molecule has 0 fully saturated rings. The van der Waals surface area contributed by atoms with Crippen LogP contribution in [0, 0.1) is 0 Å². The molecule has 0 aromatic heterocycles. The Labute approximate surface area is 124 Å². The van der Waals surface area contributed by atoms with Gasteiger partial charge in [-0.2, -0.15) is 0 Å². The second kappa shape index (κ2) is 5.71. The van der Waals surface area contributed by atoms with Crippen LogP contribution >= 0.6 is 12.6 Å². The summed E-state index contributed by atoms with van der Waals surface area (Å²) in [5.41, 5.74) is 3.28. The number of amides is 1. The number of aryl methyl sites for hydroxylation is 1. The van der Waals surface area contributed by atoms with Crippen molar-refractivity contribution in [1.82, 2.24) is 5.32 Å². The van der Waals surface area contributed by atoms with E-state index in [2.05, 4.69) is 36.1 Å². The number of carbonyl (C=O) groups excluding carboxylic acids is 1. The minimum Gasteiger partial charge on any atom is -0.345 e. The molecule has 0 heterocycles. The molecule has 20 heavy (non-hydrogen) atoms. The average Bonchev–Trinajstić information content (AvgIpc) is 2.47. The first kappa shape index (κ1) is 13.3. The molecular formula is C17H17NOS.